The van der Waals surface area contributed by atoms with Crippen molar-refractivity contribution in [3.63, 3.8) is 0 Å². The van der Waals surface area contributed by atoms with Crippen molar-refractivity contribution in [2.75, 3.05) is 13.2 Å². The molecule has 1 aromatic carbocycles. The van der Waals surface area contributed by atoms with E-state index in [0.717, 1.165) is 24.9 Å². The highest BCUT2D eigenvalue weighted by molar-refractivity contribution is 5.18. The summed E-state index contributed by atoms with van der Waals surface area (Å²) in [5, 5.41) is 22.1. The van der Waals surface area contributed by atoms with Gasteiger partial charge in [0.25, 0.3) is 0 Å². The molecule has 3 N–H and O–H groups in total. The molecule has 0 aliphatic rings. The molecule has 16 heavy (non-hydrogen) atoms. The molecule has 3 heteroatoms. The molecule has 0 bridgehead atoms. The Hall–Kier alpha value is -0.900. The number of aliphatic hydroxyl groups excluding tert-OH is 2. The van der Waals surface area contributed by atoms with E-state index in [1.54, 1.807) is 0 Å². The molecule has 0 spiro atoms. The average Bonchev–Trinajstić information content (AvgIpc) is 2.35. The number of benzene rings is 1. The van der Waals surface area contributed by atoms with E-state index >= 15 is 0 Å². The number of aliphatic hydroxyl groups is 2. The van der Waals surface area contributed by atoms with E-state index in [-0.39, 0.29) is 12.6 Å². The van der Waals surface area contributed by atoms with Crippen LogP contribution in [0.25, 0.3) is 0 Å². The first-order valence-electron chi connectivity index (χ1n) is 5.86. The van der Waals surface area contributed by atoms with Crippen LogP contribution in [0.15, 0.2) is 30.3 Å². The summed E-state index contributed by atoms with van der Waals surface area (Å²) in [5.41, 5.74) is 0.936. The number of hydrogen-bond donors (Lipinski definition) is 3. The van der Waals surface area contributed by atoms with Crippen LogP contribution in [0, 0.1) is 0 Å². The van der Waals surface area contributed by atoms with Gasteiger partial charge >= 0.3 is 0 Å². The van der Waals surface area contributed by atoms with Crippen molar-refractivity contribution in [1.82, 2.24) is 5.32 Å². The lowest BCUT2D eigenvalue weighted by atomic mass is 10.0. The third-order valence-electron chi connectivity index (χ3n) is 2.70. The molecular weight excluding hydrogens is 202 g/mol. The lowest BCUT2D eigenvalue weighted by Crippen LogP contribution is -2.35. The summed E-state index contributed by atoms with van der Waals surface area (Å²) in [5.74, 6) is 0. The zero-order chi connectivity index (χ0) is 11.8. The quantitative estimate of drug-likeness (QED) is 0.614. The lowest BCUT2D eigenvalue weighted by molar-refractivity contribution is 0.124. The molecule has 0 saturated heterocycles. The Balaban J connectivity index is 2.52. The first kappa shape index (κ1) is 13.2. The maximum absolute atomic E-state index is 10.2. The molecular formula is C13H21NO2. The summed E-state index contributed by atoms with van der Waals surface area (Å²) in [4.78, 5) is 0. The standard InChI is InChI=1S/C13H21NO2/c1-2-12(14-9-6-10-15)13(16)11-7-4-3-5-8-11/h3-5,7-8,12-16H,2,6,9-10H2,1H3. The normalized spacial score (nSPS) is 14.7. The lowest BCUT2D eigenvalue weighted by Gasteiger charge is -2.23. The summed E-state index contributed by atoms with van der Waals surface area (Å²) in [6.07, 6.45) is 1.10. The smallest absolute Gasteiger partial charge is 0.0942 e. The summed E-state index contributed by atoms with van der Waals surface area (Å²) in [6, 6.07) is 9.71. The number of rotatable bonds is 7. The van der Waals surface area contributed by atoms with Crippen molar-refractivity contribution in [3.8, 4) is 0 Å². The van der Waals surface area contributed by atoms with Gasteiger partial charge in [-0.15, -0.1) is 0 Å². The summed E-state index contributed by atoms with van der Waals surface area (Å²) < 4.78 is 0. The van der Waals surface area contributed by atoms with Gasteiger partial charge < -0.3 is 15.5 Å². The van der Waals surface area contributed by atoms with Gasteiger partial charge in [-0.05, 0) is 24.9 Å². The van der Waals surface area contributed by atoms with Crippen LogP contribution in [0.3, 0.4) is 0 Å². The average molecular weight is 223 g/mol. The van der Waals surface area contributed by atoms with Crippen LogP contribution in [0.2, 0.25) is 0 Å². The van der Waals surface area contributed by atoms with E-state index in [4.69, 9.17) is 5.11 Å². The minimum atomic E-state index is -0.482. The molecule has 2 atom stereocenters. The van der Waals surface area contributed by atoms with Crippen molar-refractivity contribution in [1.29, 1.82) is 0 Å². The van der Waals surface area contributed by atoms with Gasteiger partial charge in [-0.25, -0.2) is 0 Å². The van der Waals surface area contributed by atoms with E-state index in [9.17, 15) is 5.11 Å². The maximum Gasteiger partial charge on any atom is 0.0942 e. The third-order valence-corrected chi connectivity index (χ3v) is 2.70. The molecule has 1 rings (SSSR count). The van der Waals surface area contributed by atoms with E-state index in [1.165, 1.54) is 0 Å². The van der Waals surface area contributed by atoms with Crippen molar-refractivity contribution in [2.45, 2.75) is 31.9 Å². The Labute approximate surface area is 97.1 Å². The number of nitrogens with one attached hydrogen (secondary N) is 1. The third kappa shape index (κ3) is 3.93. The van der Waals surface area contributed by atoms with Crippen LogP contribution in [-0.4, -0.2) is 29.4 Å². The predicted octanol–water partition coefficient (Wildman–Crippen LogP) is 1.47. The van der Waals surface area contributed by atoms with Gasteiger partial charge in [-0.2, -0.15) is 0 Å². The van der Waals surface area contributed by atoms with Gasteiger partial charge in [0.05, 0.1) is 6.10 Å². The molecule has 0 aromatic heterocycles. The highest BCUT2D eigenvalue weighted by atomic mass is 16.3. The zero-order valence-electron chi connectivity index (χ0n) is 9.76. The SMILES string of the molecule is CCC(NCCCO)C(O)c1ccccc1. The second kappa shape index (κ2) is 7.39. The molecule has 0 fully saturated rings. The molecule has 0 radical (unpaired) electrons. The summed E-state index contributed by atoms with van der Waals surface area (Å²) in [7, 11) is 0. The van der Waals surface area contributed by atoms with Gasteiger partial charge in [-0.1, -0.05) is 37.3 Å². The summed E-state index contributed by atoms with van der Waals surface area (Å²) >= 11 is 0. The Morgan fingerprint density at radius 3 is 2.50 bits per heavy atom. The van der Waals surface area contributed by atoms with Crippen LogP contribution in [0.4, 0.5) is 0 Å². The molecule has 0 saturated carbocycles. The van der Waals surface area contributed by atoms with Crippen LogP contribution in [0.1, 0.15) is 31.4 Å². The molecule has 0 aliphatic heterocycles. The maximum atomic E-state index is 10.2. The second-order valence-corrected chi connectivity index (χ2v) is 3.90. The van der Waals surface area contributed by atoms with Crippen LogP contribution >= 0.6 is 0 Å². The summed E-state index contributed by atoms with van der Waals surface area (Å²) in [6.45, 7) is 2.96. The van der Waals surface area contributed by atoms with Crippen LogP contribution < -0.4 is 5.32 Å². The fourth-order valence-corrected chi connectivity index (χ4v) is 1.73. The Bertz CT molecular complexity index is 277. The minimum Gasteiger partial charge on any atom is -0.396 e. The van der Waals surface area contributed by atoms with Gasteiger partial charge in [0.1, 0.15) is 0 Å². The van der Waals surface area contributed by atoms with E-state index < -0.39 is 6.10 Å². The highest BCUT2D eigenvalue weighted by Gasteiger charge is 2.17. The first-order valence-corrected chi connectivity index (χ1v) is 5.86. The van der Waals surface area contributed by atoms with Crippen molar-refractivity contribution < 1.29 is 10.2 Å². The van der Waals surface area contributed by atoms with Gasteiger partial charge in [0, 0.05) is 12.6 Å². The van der Waals surface area contributed by atoms with Crippen LogP contribution in [0.5, 0.6) is 0 Å². The van der Waals surface area contributed by atoms with Gasteiger partial charge in [0.15, 0.2) is 0 Å². The van der Waals surface area contributed by atoms with Crippen LogP contribution in [-0.2, 0) is 0 Å². The van der Waals surface area contributed by atoms with Crippen molar-refractivity contribution >= 4 is 0 Å². The Morgan fingerprint density at radius 2 is 1.94 bits per heavy atom. The van der Waals surface area contributed by atoms with Crippen molar-refractivity contribution in [3.05, 3.63) is 35.9 Å². The Morgan fingerprint density at radius 1 is 1.25 bits per heavy atom. The van der Waals surface area contributed by atoms with Gasteiger partial charge in [-0.3, -0.25) is 0 Å². The topological polar surface area (TPSA) is 52.5 Å². The molecule has 0 heterocycles. The molecule has 90 valence electrons. The molecule has 1 aromatic rings. The van der Waals surface area contributed by atoms with E-state index in [1.807, 2.05) is 37.3 Å². The van der Waals surface area contributed by atoms with E-state index in [2.05, 4.69) is 5.32 Å². The van der Waals surface area contributed by atoms with Gasteiger partial charge in [0.2, 0.25) is 0 Å². The monoisotopic (exact) mass is 223 g/mol. The largest absolute Gasteiger partial charge is 0.396 e. The fourth-order valence-electron chi connectivity index (χ4n) is 1.73. The van der Waals surface area contributed by atoms with Crippen molar-refractivity contribution in [2.24, 2.45) is 0 Å². The first-order chi connectivity index (χ1) is 7.79. The van der Waals surface area contributed by atoms with E-state index in [0.29, 0.717) is 0 Å². The zero-order valence-corrected chi connectivity index (χ0v) is 9.76. The molecule has 2 unspecified atom stereocenters. The minimum absolute atomic E-state index is 0.0500. The predicted molar refractivity (Wildman–Crippen MR) is 65.2 cm³/mol. The highest BCUT2D eigenvalue weighted by Crippen LogP contribution is 2.18. The Kier molecular flexibility index (Phi) is 6.08. The molecule has 0 aliphatic carbocycles. The number of hydrogen-bond acceptors (Lipinski definition) is 3. The molecule has 3 nitrogen and oxygen atoms in total. The molecule has 0 amide bonds. The fraction of sp³-hybridized carbons (Fsp3) is 0.538. The second-order valence-electron chi connectivity index (χ2n) is 3.90.